The van der Waals surface area contributed by atoms with E-state index in [0.29, 0.717) is 0 Å². The van der Waals surface area contributed by atoms with Crippen LogP contribution in [0, 0.1) is 5.92 Å². The van der Waals surface area contributed by atoms with Gasteiger partial charge in [-0.15, -0.1) is 0 Å². The lowest BCUT2D eigenvalue weighted by molar-refractivity contribution is 0.448. The minimum Gasteiger partial charge on any atom is -0.0654 e. The summed E-state index contributed by atoms with van der Waals surface area (Å²) in [5.74, 6) is 1.04. The third-order valence-electron chi connectivity index (χ3n) is 3.30. The summed E-state index contributed by atoms with van der Waals surface area (Å²) >= 11 is 2.56. The van der Waals surface area contributed by atoms with Gasteiger partial charge in [0.2, 0.25) is 0 Å². The van der Waals surface area contributed by atoms with Gasteiger partial charge >= 0.3 is 0 Å². The van der Waals surface area contributed by atoms with E-state index in [9.17, 15) is 0 Å². The highest BCUT2D eigenvalue weighted by Crippen LogP contribution is 2.29. The molecule has 0 N–H and O–H groups in total. The quantitative estimate of drug-likeness (QED) is 0.211. The van der Waals surface area contributed by atoms with Crippen LogP contribution in [0.15, 0.2) is 0 Å². The molecule has 16 heavy (non-hydrogen) atoms. The Bertz CT molecular complexity index is 128. The lowest BCUT2D eigenvalue weighted by Crippen LogP contribution is -2.02. The zero-order chi connectivity index (χ0) is 12.1. The summed E-state index contributed by atoms with van der Waals surface area (Å²) in [5, 5.41) is 0. The van der Waals surface area contributed by atoms with Crippen molar-refractivity contribution < 1.29 is 0 Å². The molecule has 0 bridgehead atoms. The van der Waals surface area contributed by atoms with Crippen molar-refractivity contribution >= 4 is 28.3 Å². The van der Waals surface area contributed by atoms with E-state index in [1.165, 1.54) is 70.4 Å². The van der Waals surface area contributed by atoms with Gasteiger partial charge in [-0.3, -0.25) is 0 Å². The fraction of sp³-hybridized carbons (Fsp3) is 1.00. The van der Waals surface area contributed by atoms with E-state index in [4.69, 9.17) is 0 Å². The molecule has 0 aliphatic rings. The molecular formula is C14H30IP. The molecule has 0 nitrogen and oxygen atoms in total. The molecule has 0 aromatic carbocycles. The van der Waals surface area contributed by atoms with Gasteiger partial charge in [-0.05, 0) is 12.1 Å². The Hall–Kier alpha value is 1.16. The lowest BCUT2D eigenvalue weighted by Gasteiger charge is -2.14. The second kappa shape index (κ2) is 14.2. The van der Waals surface area contributed by atoms with Gasteiger partial charge in [0.05, 0.1) is 0 Å². The predicted molar refractivity (Wildman–Crippen MR) is 88.2 cm³/mol. The van der Waals surface area contributed by atoms with Crippen LogP contribution in [0.1, 0.15) is 78.1 Å². The summed E-state index contributed by atoms with van der Waals surface area (Å²) in [4.78, 5) is 0. The van der Waals surface area contributed by atoms with Gasteiger partial charge in [0.15, 0.2) is 0 Å². The average molecular weight is 356 g/mol. The van der Waals surface area contributed by atoms with Crippen molar-refractivity contribution in [2.75, 3.05) is 6.16 Å². The molecule has 0 aliphatic heterocycles. The number of unbranched alkanes of at least 4 members (excludes halogenated alkanes) is 6. The average Bonchev–Trinajstić information content (AvgIpc) is 2.30. The molecule has 2 heteroatoms. The van der Waals surface area contributed by atoms with Crippen LogP contribution in [-0.2, 0) is 0 Å². The zero-order valence-electron chi connectivity index (χ0n) is 11.2. The SMILES string of the molecule is CCCCCCCC[C@H](CCCC)CPI. The Morgan fingerprint density at radius 2 is 1.38 bits per heavy atom. The Morgan fingerprint density at radius 1 is 0.812 bits per heavy atom. The van der Waals surface area contributed by atoms with Crippen LogP contribution in [0.4, 0.5) is 0 Å². The van der Waals surface area contributed by atoms with Crippen molar-refractivity contribution in [1.29, 1.82) is 0 Å². The highest BCUT2D eigenvalue weighted by molar-refractivity contribution is 14.2. The monoisotopic (exact) mass is 356 g/mol. The smallest absolute Gasteiger partial charge is 0.0234 e. The first kappa shape index (κ1) is 17.2. The van der Waals surface area contributed by atoms with E-state index in [1.807, 2.05) is 0 Å². The van der Waals surface area contributed by atoms with Crippen LogP contribution < -0.4 is 0 Å². The predicted octanol–water partition coefficient (Wildman–Crippen LogP) is 6.57. The Labute approximate surface area is 118 Å². The molecular weight excluding hydrogens is 326 g/mol. The number of hydrogen-bond donors (Lipinski definition) is 0. The lowest BCUT2D eigenvalue weighted by atomic mass is 9.97. The van der Waals surface area contributed by atoms with E-state index < -0.39 is 0 Å². The molecule has 0 spiro atoms. The summed E-state index contributed by atoms with van der Waals surface area (Å²) in [6.07, 6.45) is 17.1. The Balaban J connectivity index is 3.36. The van der Waals surface area contributed by atoms with Crippen LogP contribution in [0.5, 0.6) is 0 Å². The topological polar surface area (TPSA) is 0 Å². The third kappa shape index (κ3) is 11.6. The van der Waals surface area contributed by atoms with Crippen LogP contribution in [0.2, 0.25) is 0 Å². The standard InChI is InChI=1S/C14H30IP/c1-3-5-7-8-9-10-12-14(13-16-15)11-6-4-2/h14,16H,3-13H2,1-2H3/t14-/m0/s1. The Morgan fingerprint density at radius 3 is 2.00 bits per heavy atom. The van der Waals surface area contributed by atoms with Crippen molar-refractivity contribution in [3.63, 3.8) is 0 Å². The molecule has 1 unspecified atom stereocenters. The highest BCUT2D eigenvalue weighted by Gasteiger charge is 2.06. The maximum absolute atomic E-state index is 2.56. The molecule has 2 atom stereocenters. The fourth-order valence-electron chi connectivity index (χ4n) is 2.16. The van der Waals surface area contributed by atoms with Gasteiger partial charge in [-0.1, -0.05) is 106 Å². The maximum Gasteiger partial charge on any atom is -0.0234 e. The molecule has 0 aromatic rings. The van der Waals surface area contributed by atoms with Crippen LogP contribution in [-0.4, -0.2) is 6.16 Å². The molecule has 98 valence electrons. The summed E-state index contributed by atoms with van der Waals surface area (Å²) in [6.45, 7) is 4.61. The van der Waals surface area contributed by atoms with Crippen LogP contribution in [0.25, 0.3) is 0 Å². The molecule has 0 radical (unpaired) electrons. The van der Waals surface area contributed by atoms with Crippen molar-refractivity contribution in [2.24, 2.45) is 5.92 Å². The minimum absolute atomic E-state index is 1.04. The van der Waals surface area contributed by atoms with Gasteiger partial charge in [-0.25, -0.2) is 0 Å². The minimum atomic E-state index is 1.04. The fourth-order valence-corrected chi connectivity index (χ4v) is 4.66. The molecule has 0 rings (SSSR count). The molecule has 0 aliphatic carbocycles. The van der Waals surface area contributed by atoms with E-state index in [2.05, 4.69) is 35.9 Å². The molecule has 0 heterocycles. The van der Waals surface area contributed by atoms with E-state index >= 15 is 0 Å². The van der Waals surface area contributed by atoms with Gasteiger partial charge in [-0.2, -0.15) is 0 Å². The summed E-state index contributed by atoms with van der Waals surface area (Å²) in [7, 11) is 0. The molecule has 0 amide bonds. The number of rotatable bonds is 12. The summed E-state index contributed by atoms with van der Waals surface area (Å²) in [6, 6.07) is 0. The van der Waals surface area contributed by atoms with Crippen molar-refractivity contribution in [3.8, 4) is 0 Å². The largest absolute Gasteiger partial charge is 0.0654 e. The van der Waals surface area contributed by atoms with Crippen LogP contribution in [0.3, 0.4) is 0 Å². The number of hydrogen-bond acceptors (Lipinski definition) is 0. The third-order valence-corrected chi connectivity index (χ3v) is 5.35. The first-order valence-electron chi connectivity index (χ1n) is 7.18. The van der Waals surface area contributed by atoms with Gasteiger partial charge in [0.25, 0.3) is 0 Å². The number of halogens is 1. The second-order valence-electron chi connectivity index (χ2n) is 4.90. The van der Waals surface area contributed by atoms with Gasteiger partial charge in [0, 0.05) is 0 Å². The second-order valence-corrected chi connectivity index (χ2v) is 7.87. The first-order valence-corrected chi connectivity index (χ1v) is 11.5. The molecule has 0 fully saturated rings. The van der Waals surface area contributed by atoms with E-state index in [1.54, 1.807) is 0 Å². The van der Waals surface area contributed by atoms with Gasteiger partial charge < -0.3 is 0 Å². The summed E-state index contributed by atoms with van der Waals surface area (Å²) < 4.78 is 0. The van der Waals surface area contributed by atoms with E-state index in [-0.39, 0.29) is 0 Å². The first-order chi connectivity index (χ1) is 7.85. The highest BCUT2D eigenvalue weighted by atomic mass is 127. The zero-order valence-corrected chi connectivity index (χ0v) is 14.4. The van der Waals surface area contributed by atoms with Crippen molar-refractivity contribution in [2.45, 2.75) is 78.1 Å². The van der Waals surface area contributed by atoms with E-state index in [0.717, 1.165) is 12.1 Å². The normalized spacial score (nSPS) is 13.7. The Kier molecular flexibility index (Phi) is 15.3. The molecule has 0 saturated heterocycles. The van der Waals surface area contributed by atoms with Crippen molar-refractivity contribution in [3.05, 3.63) is 0 Å². The molecule has 0 aromatic heterocycles. The van der Waals surface area contributed by atoms with Crippen LogP contribution >= 0.6 is 28.3 Å². The van der Waals surface area contributed by atoms with Crippen molar-refractivity contribution in [1.82, 2.24) is 0 Å². The van der Waals surface area contributed by atoms with Gasteiger partial charge in [0.1, 0.15) is 0 Å². The molecule has 0 saturated carbocycles. The maximum atomic E-state index is 2.56. The summed E-state index contributed by atoms with van der Waals surface area (Å²) in [5.41, 5.74) is 0.